The standard InChI is InChI=1S/C31H32F6N2O2/c1-3-12-38(18-21-8-5-4-6-9-21)28-16-24-11-7-10-23(24)15-27(28)20(2)39(29(40)41)19-22-13-25(30(32,33)34)17-26(14-22)31(35,36)37/h4-6,8-9,13-17,20H,3,7,10-12,18-19H2,1-2H3,(H,40,41). The maximum absolute atomic E-state index is 13.5. The molecule has 10 heteroatoms. The summed E-state index contributed by atoms with van der Waals surface area (Å²) in [6.45, 7) is 4.24. The van der Waals surface area contributed by atoms with Crippen LogP contribution in [0.4, 0.5) is 36.8 Å². The van der Waals surface area contributed by atoms with Gasteiger partial charge >= 0.3 is 18.4 Å². The second kappa shape index (κ2) is 12.0. The summed E-state index contributed by atoms with van der Waals surface area (Å²) in [6, 6.07) is 14.2. The summed E-state index contributed by atoms with van der Waals surface area (Å²) in [7, 11) is 0. The van der Waals surface area contributed by atoms with Crippen LogP contribution in [0.15, 0.2) is 60.7 Å². The number of carbonyl (C=O) groups is 1. The highest BCUT2D eigenvalue weighted by molar-refractivity contribution is 5.68. The zero-order chi connectivity index (χ0) is 29.9. The topological polar surface area (TPSA) is 43.8 Å². The van der Waals surface area contributed by atoms with Crippen molar-refractivity contribution in [1.82, 2.24) is 4.90 Å². The molecular weight excluding hydrogens is 546 g/mol. The lowest BCUT2D eigenvalue weighted by atomic mass is 9.96. The van der Waals surface area contributed by atoms with Gasteiger partial charge < -0.3 is 10.0 Å². The predicted octanol–water partition coefficient (Wildman–Crippen LogP) is 8.87. The van der Waals surface area contributed by atoms with E-state index in [9.17, 15) is 36.2 Å². The Labute approximate surface area is 235 Å². The molecule has 0 heterocycles. The average Bonchev–Trinajstić information content (AvgIpc) is 3.37. The van der Waals surface area contributed by atoms with Crippen LogP contribution in [0.3, 0.4) is 0 Å². The Balaban J connectivity index is 1.77. The highest BCUT2D eigenvalue weighted by Gasteiger charge is 2.37. The quantitative estimate of drug-likeness (QED) is 0.258. The predicted molar refractivity (Wildman–Crippen MR) is 145 cm³/mol. The van der Waals surface area contributed by atoms with Gasteiger partial charge in [0.15, 0.2) is 0 Å². The van der Waals surface area contributed by atoms with E-state index in [2.05, 4.69) is 11.0 Å². The van der Waals surface area contributed by atoms with Crippen LogP contribution in [0.2, 0.25) is 0 Å². The molecule has 4 nitrogen and oxygen atoms in total. The summed E-state index contributed by atoms with van der Waals surface area (Å²) in [5, 5.41) is 10.2. The van der Waals surface area contributed by atoms with Crippen LogP contribution in [0.25, 0.3) is 0 Å². The third kappa shape index (κ3) is 7.15. The lowest BCUT2D eigenvalue weighted by molar-refractivity contribution is -0.143. The molecule has 41 heavy (non-hydrogen) atoms. The Morgan fingerprint density at radius 1 is 0.854 bits per heavy atom. The number of benzene rings is 3. The Morgan fingerprint density at radius 3 is 1.98 bits per heavy atom. The van der Waals surface area contributed by atoms with Gasteiger partial charge in [-0.1, -0.05) is 43.3 Å². The molecule has 3 aromatic rings. The number of halogens is 6. The molecular formula is C31H32F6N2O2. The van der Waals surface area contributed by atoms with E-state index < -0.39 is 42.2 Å². The van der Waals surface area contributed by atoms with E-state index in [-0.39, 0.29) is 11.6 Å². The van der Waals surface area contributed by atoms with Gasteiger partial charge in [-0.25, -0.2) is 4.79 Å². The second-order valence-corrected chi connectivity index (χ2v) is 10.4. The molecule has 0 saturated heterocycles. The number of amides is 1. The van der Waals surface area contributed by atoms with Gasteiger partial charge in [-0.3, -0.25) is 4.90 Å². The van der Waals surface area contributed by atoms with Gasteiger partial charge in [0.2, 0.25) is 0 Å². The first-order valence-electron chi connectivity index (χ1n) is 13.5. The molecule has 1 aliphatic rings. The largest absolute Gasteiger partial charge is 0.465 e. The number of aryl methyl sites for hydroxylation is 2. The van der Waals surface area contributed by atoms with E-state index in [4.69, 9.17) is 0 Å². The first-order valence-corrected chi connectivity index (χ1v) is 13.5. The van der Waals surface area contributed by atoms with E-state index in [0.29, 0.717) is 30.8 Å². The molecule has 220 valence electrons. The van der Waals surface area contributed by atoms with Gasteiger partial charge in [-0.2, -0.15) is 26.3 Å². The number of alkyl halides is 6. The molecule has 4 rings (SSSR count). The molecule has 0 radical (unpaired) electrons. The summed E-state index contributed by atoms with van der Waals surface area (Å²) in [5.41, 5.74) is 1.44. The van der Waals surface area contributed by atoms with Crippen LogP contribution in [0, 0.1) is 0 Å². The molecule has 1 N–H and O–H groups in total. The Kier molecular flexibility index (Phi) is 8.89. The van der Waals surface area contributed by atoms with E-state index in [1.165, 1.54) is 5.56 Å². The minimum Gasteiger partial charge on any atom is -0.465 e. The summed E-state index contributed by atoms with van der Waals surface area (Å²) in [4.78, 5) is 15.5. The molecule has 3 aromatic carbocycles. The normalized spacial score (nSPS) is 14.0. The van der Waals surface area contributed by atoms with Crippen LogP contribution >= 0.6 is 0 Å². The fourth-order valence-electron chi connectivity index (χ4n) is 5.44. The maximum atomic E-state index is 13.5. The fraction of sp³-hybridized carbons (Fsp3) is 0.387. The monoisotopic (exact) mass is 578 g/mol. The molecule has 1 unspecified atom stereocenters. The third-order valence-corrected chi connectivity index (χ3v) is 7.46. The van der Waals surface area contributed by atoms with Crippen molar-refractivity contribution >= 4 is 11.8 Å². The number of hydrogen-bond donors (Lipinski definition) is 1. The summed E-state index contributed by atoms with van der Waals surface area (Å²) >= 11 is 0. The fourth-order valence-corrected chi connectivity index (χ4v) is 5.44. The van der Waals surface area contributed by atoms with E-state index in [0.717, 1.165) is 47.4 Å². The molecule has 0 bridgehead atoms. The summed E-state index contributed by atoms with van der Waals surface area (Å²) < 4.78 is 80.8. The zero-order valence-electron chi connectivity index (χ0n) is 22.8. The van der Waals surface area contributed by atoms with Crippen molar-refractivity contribution in [3.63, 3.8) is 0 Å². The van der Waals surface area contributed by atoms with Crippen molar-refractivity contribution in [2.45, 2.75) is 71.0 Å². The molecule has 1 amide bonds. The van der Waals surface area contributed by atoms with Gasteiger partial charge in [0.1, 0.15) is 0 Å². The average molecular weight is 579 g/mol. The number of fused-ring (bicyclic) bond motifs is 1. The molecule has 1 aliphatic carbocycles. The second-order valence-electron chi connectivity index (χ2n) is 10.4. The molecule has 0 saturated carbocycles. The minimum atomic E-state index is -5.03. The van der Waals surface area contributed by atoms with Gasteiger partial charge in [0.05, 0.1) is 17.2 Å². The maximum Gasteiger partial charge on any atom is 0.416 e. The molecule has 0 aromatic heterocycles. The minimum absolute atomic E-state index is 0.0445. The molecule has 1 atom stereocenters. The number of rotatable bonds is 9. The third-order valence-electron chi connectivity index (χ3n) is 7.46. The molecule has 0 spiro atoms. The smallest absolute Gasteiger partial charge is 0.416 e. The summed E-state index contributed by atoms with van der Waals surface area (Å²) in [5.74, 6) is 0. The zero-order valence-corrected chi connectivity index (χ0v) is 22.8. The van der Waals surface area contributed by atoms with Crippen molar-refractivity contribution < 1.29 is 36.2 Å². The van der Waals surface area contributed by atoms with Crippen molar-refractivity contribution in [2.24, 2.45) is 0 Å². The van der Waals surface area contributed by atoms with Crippen molar-refractivity contribution in [3.8, 4) is 0 Å². The number of carboxylic acid groups (broad SMARTS) is 1. The Bertz CT molecular complexity index is 1340. The van der Waals surface area contributed by atoms with Crippen molar-refractivity contribution in [1.29, 1.82) is 0 Å². The highest BCUT2D eigenvalue weighted by atomic mass is 19.4. The molecule has 0 aliphatic heterocycles. The van der Waals surface area contributed by atoms with Gasteiger partial charge in [0.25, 0.3) is 0 Å². The van der Waals surface area contributed by atoms with E-state index in [1.54, 1.807) is 6.92 Å². The lowest BCUT2D eigenvalue weighted by Crippen LogP contribution is -2.34. The highest BCUT2D eigenvalue weighted by Crippen LogP contribution is 2.39. The van der Waals surface area contributed by atoms with Gasteiger partial charge in [-0.15, -0.1) is 0 Å². The Hall–Kier alpha value is -3.69. The Morgan fingerprint density at radius 2 is 1.44 bits per heavy atom. The van der Waals surface area contributed by atoms with Gasteiger partial charge in [-0.05, 0) is 84.7 Å². The van der Waals surface area contributed by atoms with Crippen LogP contribution < -0.4 is 4.90 Å². The van der Waals surface area contributed by atoms with E-state index >= 15 is 0 Å². The van der Waals surface area contributed by atoms with E-state index in [1.807, 2.05) is 43.3 Å². The number of hydrogen-bond acceptors (Lipinski definition) is 2. The number of anilines is 1. The van der Waals surface area contributed by atoms with Crippen LogP contribution in [-0.2, 0) is 38.3 Å². The number of nitrogens with zero attached hydrogens (tertiary/aromatic N) is 2. The lowest BCUT2D eigenvalue weighted by Gasteiger charge is -2.34. The first kappa shape index (κ1) is 30.3. The van der Waals surface area contributed by atoms with Crippen molar-refractivity contribution in [3.05, 3.63) is 99.6 Å². The molecule has 0 fully saturated rings. The van der Waals surface area contributed by atoms with Gasteiger partial charge in [0, 0.05) is 25.3 Å². The van der Waals surface area contributed by atoms with Crippen molar-refractivity contribution in [2.75, 3.05) is 11.4 Å². The first-order chi connectivity index (χ1) is 19.3. The van der Waals surface area contributed by atoms with Crippen LogP contribution in [-0.4, -0.2) is 22.6 Å². The van der Waals surface area contributed by atoms with Crippen LogP contribution in [0.1, 0.15) is 71.7 Å². The SMILES string of the molecule is CCCN(Cc1ccccc1)c1cc2c(cc1C(C)N(Cc1cc(C(F)(F)F)cc(C(F)(F)F)c1)C(=O)O)CCC2. The summed E-state index contributed by atoms with van der Waals surface area (Å²) in [6.07, 6.45) is -8.04. The van der Waals surface area contributed by atoms with Crippen LogP contribution in [0.5, 0.6) is 0 Å².